The monoisotopic (exact) mass is 264 g/mol. The molecular weight excluding hydrogens is 242 g/mol. The molecule has 0 aliphatic carbocycles. The number of carbonyl (C=O) groups excluding carboxylic acids is 1. The third-order valence-corrected chi connectivity index (χ3v) is 2.87. The molecule has 106 valence electrons. The Morgan fingerprint density at radius 1 is 1.50 bits per heavy atom. The van der Waals surface area contributed by atoms with Crippen LogP contribution < -0.4 is 5.73 Å². The summed E-state index contributed by atoms with van der Waals surface area (Å²) in [6.45, 7) is 5.89. The van der Waals surface area contributed by atoms with E-state index in [0.717, 1.165) is 6.42 Å². The molecule has 2 unspecified atom stereocenters. The van der Waals surface area contributed by atoms with Crippen LogP contribution in [0.4, 0.5) is 13.6 Å². The number of carbonyl (C=O) groups is 1. The lowest BCUT2D eigenvalue weighted by molar-refractivity contribution is 0.0188. The zero-order valence-electron chi connectivity index (χ0n) is 11.2. The van der Waals surface area contributed by atoms with Gasteiger partial charge < -0.3 is 15.4 Å². The number of halogens is 2. The van der Waals surface area contributed by atoms with Crippen LogP contribution in [0.1, 0.15) is 40.0 Å². The van der Waals surface area contributed by atoms with E-state index in [4.69, 9.17) is 10.5 Å². The lowest BCUT2D eigenvalue weighted by Crippen LogP contribution is -2.43. The number of hydrogen-bond donors (Lipinski definition) is 1. The van der Waals surface area contributed by atoms with Crippen molar-refractivity contribution in [2.24, 2.45) is 5.73 Å². The molecule has 1 saturated heterocycles. The third kappa shape index (κ3) is 4.40. The Kier molecular flexibility index (Phi) is 4.90. The summed E-state index contributed by atoms with van der Waals surface area (Å²) in [4.78, 5) is 13.4. The molecule has 0 aromatic heterocycles. The molecule has 2 N–H and O–H groups in total. The van der Waals surface area contributed by atoms with Crippen molar-refractivity contribution >= 4 is 6.09 Å². The van der Waals surface area contributed by atoms with Gasteiger partial charge >= 0.3 is 6.09 Å². The van der Waals surface area contributed by atoms with Crippen LogP contribution in [0.25, 0.3) is 0 Å². The van der Waals surface area contributed by atoms with Crippen LogP contribution >= 0.6 is 0 Å². The van der Waals surface area contributed by atoms with Gasteiger partial charge in [-0.05, 0) is 40.0 Å². The van der Waals surface area contributed by atoms with Crippen molar-refractivity contribution in [3.8, 4) is 0 Å². The van der Waals surface area contributed by atoms with Gasteiger partial charge in [-0.3, -0.25) is 0 Å². The van der Waals surface area contributed by atoms with E-state index in [1.165, 1.54) is 4.90 Å². The summed E-state index contributed by atoms with van der Waals surface area (Å²) in [5, 5.41) is 0. The van der Waals surface area contributed by atoms with Crippen molar-refractivity contribution in [1.82, 2.24) is 4.90 Å². The van der Waals surface area contributed by atoms with E-state index in [1.807, 2.05) is 0 Å². The van der Waals surface area contributed by atoms with Crippen LogP contribution in [0.15, 0.2) is 0 Å². The molecule has 0 aromatic rings. The zero-order valence-corrected chi connectivity index (χ0v) is 11.2. The largest absolute Gasteiger partial charge is 0.444 e. The Morgan fingerprint density at radius 3 is 2.61 bits per heavy atom. The standard InChI is InChI=1S/C12H22F2N2O2/c1-12(2,3)18-11(17)16-6-4-5-8(16)7-9(15)10(13)14/h8-10H,4-7,15H2,1-3H3. The summed E-state index contributed by atoms with van der Waals surface area (Å²) >= 11 is 0. The molecule has 0 saturated carbocycles. The summed E-state index contributed by atoms with van der Waals surface area (Å²) in [7, 11) is 0. The molecule has 1 amide bonds. The van der Waals surface area contributed by atoms with E-state index < -0.39 is 24.2 Å². The highest BCUT2D eigenvalue weighted by Crippen LogP contribution is 2.24. The van der Waals surface area contributed by atoms with Crippen molar-refractivity contribution in [2.75, 3.05) is 6.54 Å². The molecule has 1 fully saturated rings. The molecule has 0 bridgehead atoms. The first-order valence-electron chi connectivity index (χ1n) is 6.24. The average Bonchev–Trinajstić information content (AvgIpc) is 2.62. The summed E-state index contributed by atoms with van der Waals surface area (Å²) in [6.07, 6.45) is -1.35. The van der Waals surface area contributed by atoms with Gasteiger partial charge in [-0.2, -0.15) is 0 Å². The van der Waals surface area contributed by atoms with Gasteiger partial charge in [-0.25, -0.2) is 13.6 Å². The normalized spacial score (nSPS) is 22.4. The van der Waals surface area contributed by atoms with Crippen molar-refractivity contribution in [3.63, 3.8) is 0 Å². The van der Waals surface area contributed by atoms with E-state index in [0.29, 0.717) is 13.0 Å². The topological polar surface area (TPSA) is 55.6 Å². The minimum absolute atomic E-state index is 0.122. The predicted molar refractivity (Wildman–Crippen MR) is 64.6 cm³/mol. The van der Waals surface area contributed by atoms with Gasteiger partial charge in [-0.1, -0.05) is 0 Å². The highest BCUT2D eigenvalue weighted by Gasteiger charge is 2.34. The van der Waals surface area contributed by atoms with Gasteiger partial charge in [0, 0.05) is 12.6 Å². The fraction of sp³-hybridized carbons (Fsp3) is 0.917. The van der Waals surface area contributed by atoms with Crippen molar-refractivity contribution in [1.29, 1.82) is 0 Å². The van der Waals surface area contributed by atoms with Crippen LogP contribution in [0.2, 0.25) is 0 Å². The smallest absolute Gasteiger partial charge is 0.410 e. The van der Waals surface area contributed by atoms with E-state index in [2.05, 4.69) is 0 Å². The van der Waals surface area contributed by atoms with Crippen molar-refractivity contribution < 1.29 is 18.3 Å². The lowest BCUT2D eigenvalue weighted by atomic mass is 10.1. The van der Waals surface area contributed by atoms with Gasteiger partial charge in [0.05, 0.1) is 6.04 Å². The first-order chi connectivity index (χ1) is 8.20. The number of alkyl halides is 2. The molecule has 0 spiro atoms. The number of nitrogens with zero attached hydrogens (tertiary/aromatic N) is 1. The van der Waals surface area contributed by atoms with Gasteiger partial charge in [0.15, 0.2) is 0 Å². The second kappa shape index (κ2) is 5.82. The van der Waals surface area contributed by atoms with E-state index in [1.54, 1.807) is 20.8 Å². The minimum Gasteiger partial charge on any atom is -0.444 e. The highest BCUT2D eigenvalue weighted by atomic mass is 19.3. The summed E-state index contributed by atoms with van der Waals surface area (Å²) in [6, 6.07) is -1.41. The van der Waals surface area contributed by atoms with E-state index in [-0.39, 0.29) is 12.5 Å². The molecule has 6 heteroatoms. The maximum absolute atomic E-state index is 12.4. The van der Waals surface area contributed by atoms with Gasteiger partial charge in [0.2, 0.25) is 0 Å². The van der Waals surface area contributed by atoms with Gasteiger partial charge in [0.1, 0.15) is 5.60 Å². The van der Waals surface area contributed by atoms with Gasteiger partial charge in [0.25, 0.3) is 6.43 Å². The molecule has 0 radical (unpaired) electrons. The second-order valence-electron chi connectivity index (χ2n) is 5.70. The average molecular weight is 264 g/mol. The minimum atomic E-state index is -2.55. The Labute approximate surface area is 106 Å². The highest BCUT2D eigenvalue weighted by molar-refractivity contribution is 5.68. The number of ether oxygens (including phenoxy) is 1. The maximum Gasteiger partial charge on any atom is 0.410 e. The first kappa shape index (κ1) is 15.1. The fourth-order valence-electron chi connectivity index (χ4n) is 2.06. The summed E-state index contributed by atoms with van der Waals surface area (Å²) in [5.41, 5.74) is 4.78. The van der Waals surface area contributed by atoms with Crippen molar-refractivity contribution in [2.45, 2.75) is 64.1 Å². The molecule has 1 aliphatic heterocycles. The Hall–Kier alpha value is -0.910. The molecule has 2 atom stereocenters. The number of likely N-dealkylation sites (tertiary alicyclic amines) is 1. The molecule has 4 nitrogen and oxygen atoms in total. The summed E-state index contributed by atoms with van der Waals surface area (Å²) < 4.78 is 30.1. The predicted octanol–water partition coefficient (Wildman–Crippen LogP) is 2.37. The zero-order chi connectivity index (χ0) is 13.9. The van der Waals surface area contributed by atoms with Crippen LogP contribution in [-0.4, -0.2) is 41.6 Å². The molecule has 1 aliphatic rings. The SMILES string of the molecule is CC(C)(C)OC(=O)N1CCCC1CC(N)C(F)F. The van der Waals surface area contributed by atoms with Crippen LogP contribution in [-0.2, 0) is 4.74 Å². The van der Waals surface area contributed by atoms with Gasteiger partial charge in [-0.15, -0.1) is 0 Å². The first-order valence-corrected chi connectivity index (χ1v) is 6.24. The number of nitrogens with two attached hydrogens (primary N) is 1. The molecule has 0 aromatic carbocycles. The molecule has 18 heavy (non-hydrogen) atoms. The maximum atomic E-state index is 12.4. The fourth-order valence-corrected chi connectivity index (χ4v) is 2.06. The second-order valence-corrected chi connectivity index (χ2v) is 5.70. The molecular formula is C12H22F2N2O2. The number of rotatable bonds is 3. The molecule has 1 heterocycles. The quantitative estimate of drug-likeness (QED) is 0.851. The Balaban J connectivity index is 2.56. The lowest BCUT2D eigenvalue weighted by Gasteiger charge is -2.29. The summed E-state index contributed by atoms with van der Waals surface area (Å²) in [5.74, 6) is 0. The van der Waals surface area contributed by atoms with E-state index in [9.17, 15) is 13.6 Å². The van der Waals surface area contributed by atoms with Crippen molar-refractivity contribution in [3.05, 3.63) is 0 Å². The number of amides is 1. The van der Waals surface area contributed by atoms with Crippen LogP contribution in [0.3, 0.4) is 0 Å². The molecule has 1 rings (SSSR count). The van der Waals surface area contributed by atoms with Crippen LogP contribution in [0, 0.1) is 0 Å². The third-order valence-electron chi connectivity index (χ3n) is 2.87. The Bertz CT molecular complexity index is 292. The van der Waals surface area contributed by atoms with Crippen LogP contribution in [0.5, 0.6) is 0 Å². The Morgan fingerprint density at radius 2 is 2.11 bits per heavy atom. The number of hydrogen-bond acceptors (Lipinski definition) is 3. The van der Waals surface area contributed by atoms with E-state index >= 15 is 0 Å².